The largest absolute Gasteiger partial charge is 0.378 e. The molecule has 2 fully saturated rings. The third-order valence-electron chi connectivity index (χ3n) is 5.10. The predicted octanol–water partition coefficient (Wildman–Crippen LogP) is 2.87. The standard InChI is InChI=1S/C18H34N2O2/c1-18(2,3)16(11-14-7-5-4-6-8-14)20-17(21)12-15-13-22-10-9-19-15/h14-16,19H,4-13H2,1-3H3,(H,20,21). The molecule has 1 saturated heterocycles. The monoisotopic (exact) mass is 310 g/mol. The van der Waals surface area contributed by atoms with E-state index in [1.165, 1.54) is 32.1 Å². The maximum Gasteiger partial charge on any atom is 0.221 e. The number of morpholine rings is 1. The molecule has 2 N–H and O–H groups in total. The van der Waals surface area contributed by atoms with Gasteiger partial charge in [0.05, 0.1) is 13.2 Å². The van der Waals surface area contributed by atoms with E-state index in [4.69, 9.17) is 4.74 Å². The summed E-state index contributed by atoms with van der Waals surface area (Å²) >= 11 is 0. The molecule has 2 atom stereocenters. The topological polar surface area (TPSA) is 50.4 Å². The highest BCUT2D eigenvalue weighted by molar-refractivity contribution is 5.77. The Balaban J connectivity index is 1.83. The molecular weight excluding hydrogens is 276 g/mol. The molecule has 2 rings (SSSR count). The van der Waals surface area contributed by atoms with E-state index in [0.29, 0.717) is 13.0 Å². The van der Waals surface area contributed by atoms with E-state index < -0.39 is 0 Å². The van der Waals surface area contributed by atoms with Gasteiger partial charge in [-0.05, 0) is 17.8 Å². The second-order valence-electron chi connectivity index (χ2n) is 8.16. The smallest absolute Gasteiger partial charge is 0.221 e. The number of carbonyl (C=O) groups is 1. The van der Waals surface area contributed by atoms with Gasteiger partial charge in [-0.1, -0.05) is 52.9 Å². The van der Waals surface area contributed by atoms with Gasteiger partial charge in [-0.25, -0.2) is 0 Å². The van der Waals surface area contributed by atoms with Gasteiger partial charge in [0, 0.05) is 25.0 Å². The van der Waals surface area contributed by atoms with Crippen molar-refractivity contribution >= 4 is 5.91 Å². The first-order chi connectivity index (χ1) is 10.4. The molecule has 4 heteroatoms. The number of ether oxygens (including phenoxy) is 1. The van der Waals surface area contributed by atoms with Gasteiger partial charge in [0.2, 0.25) is 5.91 Å². The number of rotatable bonds is 5. The maximum atomic E-state index is 12.4. The van der Waals surface area contributed by atoms with E-state index in [1.807, 2.05) is 0 Å². The number of nitrogens with one attached hydrogen (secondary N) is 2. The summed E-state index contributed by atoms with van der Waals surface area (Å²) in [5.74, 6) is 0.952. The first-order valence-corrected chi connectivity index (χ1v) is 9.05. The SMILES string of the molecule is CC(C)(C)C(CC1CCCCC1)NC(=O)CC1COCCN1. The van der Waals surface area contributed by atoms with E-state index in [2.05, 4.69) is 31.4 Å². The van der Waals surface area contributed by atoms with Gasteiger partial charge in [0.15, 0.2) is 0 Å². The van der Waals surface area contributed by atoms with Gasteiger partial charge in [-0.2, -0.15) is 0 Å². The average molecular weight is 310 g/mol. The summed E-state index contributed by atoms with van der Waals surface area (Å²) in [6.07, 6.45) is 8.43. The van der Waals surface area contributed by atoms with Gasteiger partial charge in [0.25, 0.3) is 0 Å². The van der Waals surface area contributed by atoms with Crippen LogP contribution >= 0.6 is 0 Å². The zero-order valence-electron chi connectivity index (χ0n) is 14.6. The summed E-state index contributed by atoms with van der Waals surface area (Å²) in [4.78, 5) is 12.4. The summed E-state index contributed by atoms with van der Waals surface area (Å²) in [7, 11) is 0. The first kappa shape index (κ1) is 17.7. The molecule has 0 bridgehead atoms. The van der Waals surface area contributed by atoms with Crippen LogP contribution in [0.15, 0.2) is 0 Å². The Bertz CT molecular complexity index is 339. The first-order valence-electron chi connectivity index (χ1n) is 9.05. The Morgan fingerprint density at radius 2 is 2.00 bits per heavy atom. The van der Waals surface area contributed by atoms with E-state index in [0.717, 1.165) is 25.5 Å². The minimum absolute atomic E-state index is 0.115. The van der Waals surface area contributed by atoms with Gasteiger partial charge >= 0.3 is 0 Å². The lowest BCUT2D eigenvalue weighted by atomic mass is 9.77. The normalized spacial score (nSPS) is 25.7. The van der Waals surface area contributed by atoms with Crippen molar-refractivity contribution in [1.82, 2.24) is 10.6 Å². The van der Waals surface area contributed by atoms with Crippen molar-refractivity contribution in [2.24, 2.45) is 11.3 Å². The van der Waals surface area contributed by atoms with Crippen molar-refractivity contribution < 1.29 is 9.53 Å². The van der Waals surface area contributed by atoms with E-state index in [-0.39, 0.29) is 23.4 Å². The minimum atomic E-state index is 0.115. The third-order valence-corrected chi connectivity index (χ3v) is 5.10. The van der Waals surface area contributed by atoms with Crippen molar-refractivity contribution in [3.63, 3.8) is 0 Å². The van der Waals surface area contributed by atoms with Crippen LogP contribution in [0.5, 0.6) is 0 Å². The summed E-state index contributed by atoms with van der Waals surface area (Å²) in [6, 6.07) is 0.441. The van der Waals surface area contributed by atoms with Gasteiger partial charge in [-0.15, -0.1) is 0 Å². The number of carbonyl (C=O) groups excluding carboxylic acids is 1. The molecule has 0 aromatic rings. The quantitative estimate of drug-likeness (QED) is 0.821. The highest BCUT2D eigenvalue weighted by Crippen LogP contribution is 2.32. The fraction of sp³-hybridized carbons (Fsp3) is 0.944. The van der Waals surface area contributed by atoms with Crippen molar-refractivity contribution in [2.75, 3.05) is 19.8 Å². The van der Waals surface area contributed by atoms with Crippen molar-refractivity contribution in [3.05, 3.63) is 0 Å². The molecule has 0 spiro atoms. The molecule has 1 aliphatic heterocycles. The van der Waals surface area contributed by atoms with Crippen LogP contribution in [-0.4, -0.2) is 37.7 Å². The molecule has 4 nitrogen and oxygen atoms in total. The average Bonchev–Trinajstić information content (AvgIpc) is 2.48. The predicted molar refractivity (Wildman–Crippen MR) is 89.8 cm³/mol. The van der Waals surface area contributed by atoms with E-state index >= 15 is 0 Å². The molecule has 2 unspecified atom stereocenters. The van der Waals surface area contributed by atoms with Crippen LogP contribution in [0.4, 0.5) is 0 Å². The van der Waals surface area contributed by atoms with Crippen LogP contribution in [0.1, 0.15) is 65.7 Å². The minimum Gasteiger partial charge on any atom is -0.378 e. The summed E-state index contributed by atoms with van der Waals surface area (Å²) < 4.78 is 5.43. The Kier molecular flexibility index (Phi) is 6.69. The molecule has 0 radical (unpaired) electrons. The molecule has 1 heterocycles. The molecule has 128 valence electrons. The summed E-state index contributed by atoms with van der Waals surface area (Å²) in [5.41, 5.74) is 0.115. The second-order valence-corrected chi connectivity index (χ2v) is 8.16. The van der Waals surface area contributed by atoms with Gasteiger partial charge < -0.3 is 15.4 Å². The lowest BCUT2D eigenvalue weighted by Gasteiger charge is -2.36. The highest BCUT2D eigenvalue weighted by Gasteiger charge is 2.30. The number of amides is 1. The zero-order chi connectivity index (χ0) is 16.0. The van der Waals surface area contributed by atoms with Crippen molar-refractivity contribution in [1.29, 1.82) is 0 Å². The number of hydrogen-bond acceptors (Lipinski definition) is 3. The Morgan fingerprint density at radius 3 is 2.59 bits per heavy atom. The van der Waals surface area contributed by atoms with E-state index in [9.17, 15) is 4.79 Å². The number of hydrogen-bond donors (Lipinski definition) is 2. The lowest BCUT2D eigenvalue weighted by Crippen LogP contribution is -2.49. The maximum absolute atomic E-state index is 12.4. The lowest BCUT2D eigenvalue weighted by molar-refractivity contribution is -0.124. The van der Waals surface area contributed by atoms with Crippen LogP contribution in [0.25, 0.3) is 0 Å². The molecule has 1 saturated carbocycles. The third kappa shape index (κ3) is 5.88. The molecule has 22 heavy (non-hydrogen) atoms. The Morgan fingerprint density at radius 1 is 1.27 bits per heavy atom. The molecule has 0 aromatic carbocycles. The molecule has 1 aliphatic carbocycles. The molecule has 2 aliphatic rings. The highest BCUT2D eigenvalue weighted by atomic mass is 16.5. The van der Waals surface area contributed by atoms with Crippen LogP contribution in [-0.2, 0) is 9.53 Å². The summed E-state index contributed by atoms with van der Waals surface area (Å²) in [5, 5.41) is 6.67. The van der Waals surface area contributed by atoms with Gasteiger partial charge in [-0.3, -0.25) is 4.79 Å². The summed E-state index contributed by atoms with van der Waals surface area (Å²) in [6.45, 7) is 8.97. The van der Waals surface area contributed by atoms with E-state index in [1.54, 1.807) is 0 Å². The fourth-order valence-electron chi connectivity index (χ4n) is 3.61. The zero-order valence-corrected chi connectivity index (χ0v) is 14.6. The van der Waals surface area contributed by atoms with Crippen LogP contribution in [0.3, 0.4) is 0 Å². The fourth-order valence-corrected chi connectivity index (χ4v) is 3.61. The van der Waals surface area contributed by atoms with Gasteiger partial charge in [0.1, 0.15) is 0 Å². The Hall–Kier alpha value is -0.610. The Labute approximate surface area is 135 Å². The van der Waals surface area contributed by atoms with Crippen LogP contribution in [0, 0.1) is 11.3 Å². The molecule has 0 aromatic heterocycles. The van der Waals surface area contributed by atoms with Crippen molar-refractivity contribution in [3.8, 4) is 0 Å². The molecule has 1 amide bonds. The van der Waals surface area contributed by atoms with Crippen LogP contribution < -0.4 is 10.6 Å². The molecular formula is C18H34N2O2. The van der Waals surface area contributed by atoms with Crippen LogP contribution in [0.2, 0.25) is 0 Å². The second kappa shape index (κ2) is 8.30. The van der Waals surface area contributed by atoms with Crippen molar-refractivity contribution in [2.45, 2.75) is 77.8 Å².